The zero-order valence-electron chi connectivity index (χ0n) is 15.5. The molecule has 5 nitrogen and oxygen atoms in total. The lowest BCUT2D eigenvalue weighted by molar-refractivity contribution is -0.119. The van der Waals surface area contributed by atoms with E-state index in [1.165, 1.54) is 12.1 Å². The zero-order chi connectivity index (χ0) is 19.4. The SMILES string of the molecule is Cc1[nH]c2ccc(F)cc2c1C(=O)Nc1ccc2c(c1)N(C(=O)C1CC1)CC2. The molecule has 1 aliphatic heterocycles. The molecule has 2 aliphatic rings. The number of hydrogen-bond acceptors (Lipinski definition) is 2. The molecule has 5 rings (SSSR count). The summed E-state index contributed by atoms with van der Waals surface area (Å²) >= 11 is 0. The molecular weight excluding hydrogens is 357 g/mol. The number of nitrogens with one attached hydrogen (secondary N) is 2. The summed E-state index contributed by atoms with van der Waals surface area (Å²) in [7, 11) is 0. The van der Waals surface area contributed by atoms with Crippen LogP contribution in [-0.4, -0.2) is 23.3 Å². The van der Waals surface area contributed by atoms with Gasteiger partial charge in [-0.15, -0.1) is 0 Å². The molecule has 28 heavy (non-hydrogen) atoms. The molecule has 2 N–H and O–H groups in total. The Bertz CT molecular complexity index is 1130. The number of amides is 2. The van der Waals surface area contributed by atoms with Gasteiger partial charge in [0.2, 0.25) is 5.91 Å². The maximum atomic E-state index is 13.7. The van der Waals surface area contributed by atoms with Crippen molar-refractivity contribution in [1.29, 1.82) is 0 Å². The number of nitrogens with zero attached hydrogens (tertiary/aromatic N) is 1. The van der Waals surface area contributed by atoms with Crippen molar-refractivity contribution in [2.45, 2.75) is 26.2 Å². The third kappa shape index (κ3) is 2.76. The van der Waals surface area contributed by atoms with Crippen molar-refractivity contribution >= 4 is 34.1 Å². The van der Waals surface area contributed by atoms with Crippen LogP contribution >= 0.6 is 0 Å². The molecule has 0 unspecified atom stereocenters. The second-order valence-corrected chi connectivity index (χ2v) is 7.63. The second-order valence-electron chi connectivity index (χ2n) is 7.63. The highest BCUT2D eigenvalue weighted by atomic mass is 19.1. The Kier molecular flexibility index (Phi) is 3.75. The third-order valence-corrected chi connectivity index (χ3v) is 5.61. The molecule has 6 heteroatoms. The van der Waals surface area contributed by atoms with Gasteiger partial charge < -0.3 is 15.2 Å². The lowest BCUT2D eigenvalue weighted by Crippen LogP contribution is -2.30. The number of halogens is 1. The molecule has 1 saturated carbocycles. The van der Waals surface area contributed by atoms with Crippen molar-refractivity contribution in [2.24, 2.45) is 5.92 Å². The van der Waals surface area contributed by atoms with Crippen LogP contribution < -0.4 is 10.2 Å². The Balaban J connectivity index is 1.45. The maximum absolute atomic E-state index is 13.7. The highest BCUT2D eigenvalue weighted by Crippen LogP contribution is 2.37. The van der Waals surface area contributed by atoms with Gasteiger partial charge in [-0.3, -0.25) is 9.59 Å². The van der Waals surface area contributed by atoms with Crippen LogP contribution in [0.1, 0.15) is 34.5 Å². The minimum absolute atomic E-state index is 0.160. The van der Waals surface area contributed by atoms with E-state index in [0.717, 1.165) is 36.0 Å². The number of aromatic nitrogens is 1. The van der Waals surface area contributed by atoms with Gasteiger partial charge in [-0.05, 0) is 62.1 Å². The lowest BCUT2D eigenvalue weighted by atomic mass is 10.1. The number of H-pyrrole nitrogens is 1. The van der Waals surface area contributed by atoms with Gasteiger partial charge in [-0.2, -0.15) is 0 Å². The molecule has 1 fully saturated rings. The first-order chi connectivity index (χ1) is 13.5. The first-order valence-electron chi connectivity index (χ1n) is 9.55. The van der Waals surface area contributed by atoms with E-state index >= 15 is 0 Å². The number of anilines is 2. The van der Waals surface area contributed by atoms with Crippen molar-refractivity contribution in [3.05, 3.63) is 59.0 Å². The van der Waals surface area contributed by atoms with Crippen LogP contribution in [0.5, 0.6) is 0 Å². The van der Waals surface area contributed by atoms with Gasteiger partial charge in [-0.1, -0.05) is 6.07 Å². The molecule has 1 aliphatic carbocycles. The van der Waals surface area contributed by atoms with Crippen molar-refractivity contribution < 1.29 is 14.0 Å². The lowest BCUT2D eigenvalue weighted by Gasteiger charge is -2.18. The quantitative estimate of drug-likeness (QED) is 0.720. The van der Waals surface area contributed by atoms with E-state index in [1.807, 2.05) is 23.1 Å². The van der Waals surface area contributed by atoms with Gasteiger partial charge in [-0.25, -0.2) is 4.39 Å². The normalized spacial score (nSPS) is 15.7. The number of benzene rings is 2. The Morgan fingerprint density at radius 2 is 2.00 bits per heavy atom. The van der Waals surface area contributed by atoms with Crippen LogP contribution in [0.4, 0.5) is 15.8 Å². The van der Waals surface area contributed by atoms with Crippen LogP contribution in [0.25, 0.3) is 10.9 Å². The molecule has 1 aromatic heterocycles. The molecule has 0 atom stereocenters. The number of hydrogen-bond donors (Lipinski definition) is 2. The molecule has 0 radical (unpaired) electrons. The fourth-order valence-corrected chi connectivity index (χ4v) is 4.02. The van der Waals surface area contributed by atoms with Crippen molar-refractivity contribution in [3.8, 4) is 0 Å². The Labute approximate surface area is 161 Å². The van der Waals surface area contributed by atoms with E-state index in [4.69, 9.17) is 0 Å². The predicted octanol–water partition coefficient (Wildman–Crippen LogP) is 4.17. The number of aryl methyl sites for hydroxylation is 1. The van der Waals surface area contributed by atoms with Crippen molar-refractivity contribution in [1.82, 2.24) is 4.98 Å². The van der Waals surface area contributed by atoms with Crippen LogP contribution in [0, 0.1) is 18.7 Å². The van der Waals surface area contributed by atoms with Gasteiger partial charge in [0.1, 0.15) is 5.82 Å². The average molecular weight is 377 g/mol. The monoisotopic (exact) mass is 377 g/mol. The van der Waals surface area contributed by atoms with Crippen LogP contribution in [0.15, 0.2) is 36.4 Å². The average Bonchev–Trinajstić information content (AvgIpc) is 3.35. The van der Waals surface area contributed by atoms with Crippen LogP contribution in [0.3, 0.4) is 0 Å². The molecule has 3 aromatic rings. The summed E-state index contributed by atoms with van der Waals surface area (Å²) in [6, 6.07) is 10.0. The van der Waals surface area contributed by atoms with Crippen LogP contribution in [0.2, 0.25) is 0 Å². The van der Waals surface area contributed by atoms with E-state index in [-0.39, 0.29) is 23.5 Å². The Morgan fingerprint density at radius 3 is 2.79 bits per heavy atom. The number of rotatable bonds is 3. The van der Waals surface area contributed by atoms with Gasteiger partial charge in [0.15, 0.2) is 0 Å². The predicted molar refractivity (Wildman–Crippen MR) is 106 cm³/mol. The minimum atomic E-state index is -0.382. The standard InChI is InChI=1S/C22H20FN3O2/c1-12-20(17-10-15(23)5-7-18(17)24-12)21(27)25-16-6-4-13-8-9-26(19(13)11-16)22(28)14-2-3-14/h4-7,10-11,14,24H,2-3,8-9H2,1H3,(H,25,27). The van der Waals surface area contributed by atoms with E-state index in [2.05, 4.69) is 10.3 Å². The maximum Gasteiger partial charge on any atom is 0.258 e. The zero-order valence-corrected chi connectivity index (χ0v) is 15.5. The number of aromatic amines is 1. The van der Waals surface area contributed by atoms with Gasteiger partial charge in [0.05, 0.1) is 5.56 Å². The number of carbonyl (C=O) groups is 2. The summed E-state index contributed by atoms with van der Waals surface area (Å²) in [5.41, 5.74) is 4.48. The molecule has 2 aromatic carbocycles. The highest BCUT2D eigenvalue weighted by Gasteiger charge is 2.36. The van der Waals surface area contributed by atoms with Gasteiger partial charge in [0.25, 0.3) is 5.91 Å². The fraction of sp³-hybridized carbons (Fsp3) is 0.273. The van der Waals surface area contributed by atoms with Gasteiger partial charge >= 0.3 is 0 Å². The van der Waals surface area contributed by atoms with Crippen LogP contribution in [-0.2, 0) is 11.2 Å². The first-order valence-corrected chi connectivity index (χ1v) is 9.55. The molecule has 0 saturated heterocycles. The molecule has 2 heterocycles. The molecular formula is C22H20FN3O2. The van der Waals surface area contributed by atoms with Gasteiger partial charge in [0, 0.05) is 40.4 Å². The highest BCUT2D eigenvalue weighted by molar-refractivity contribution is 6.14. The minimum Gasteiger partial charge on any atom is -0.358 e. The molecule has 2 amide bonds. The number of fused-ring (bicyclic) bond motifs is 2. The first kappa shape index (κ1) is 17.0. The Morgan fingerprint density at radius 1 is 1.18 bits per heavy atom. The smallest absolute Gasteiger partial charge is 0.258 e. The summed E-state index contributed by atoms with van der Waals surface area (Å²) in [5, 5.41) is 3.47. The summed E-state index contributed by atoms with van der Waals surface area (Å²) in [6.45, 7) is 2.49. The third-order valence-electron chi connectivity index (χ3n) is 5.61. The molecule has 0 bridgehead atoms. The second kappa shape index (κ2) is 6.19. The number of carbonyl (C=O) groups excluding carboxylic acids is 2. The molecule has 142 valence electrons. The van der Waals surface area contributed by atoms with E-state index in [1.54, 1.807) is 13.0 Å². The molecule has 0 spiro atoms. The summed E-state index contributed by atoms with van der Waals surface area (Å²) in [4.78, 5) is 30.4. The summed E-state index contributed by atoms with van der Waals surface area (Å²) in [5.74, 6) is -0.335. The largest absolute Gasteiger partial charge is 0.358 e. The van der Waals surface area contributed by atoms with Crippen molar-refractivity contribution in [3.63, 3.8) is 0 Å². The van der Waals surface area contributed by atoms with E-state index in [0.29, 0.717) is 28.9 Å². The van der Waals surface area contributed by atoms with Crippen molar-refractivity contribution in [2.75, 3.05) is 16.8 Å². The summed E-state index contributed by atoms with van der Waals surface area (Å²) in [6.07, 6.45) is 2.78. The van der Waals surface area contributed by atoms with E-state index in [9.17, 15) is 14.0 Å². The summed E-state index contributed by atoms with van der Waals surface area (Å²) < 4.78 is 13.7. The van der Waals surface area contributed by atoms with E-state index < -0.39 is 0 Å². The topological polar surface area (TPSA) is 65.2 Å². The Hall–Kier alpha value is -3.15. The fourth-order valence-electron chi connectivity index (χ4n) is 4.02.